The second-order valence-corrected chi connectivity index (χ2v) is 8.08. The molecule has 1 aromatic heterocycles. The molecule has 3 rings (SSSR count). The minimum Gasteiger partial charge on any atom is -0.380 e. The van der Waals surface area contributed by atoms with Crippen molar-refractivity contribution in [2.45, 2.75) is 12.5 Å². The first-order valence-electron chi connectivity index (χ1n) is 7.69. The number of anilines is 2. The van der Waals surface area contributed by atoms with E-state index in [0.717, 1.165) is 0 Å². The Morgan fingerprint density at radius 3 is 2.80 bits per heavy atom. The molecule has 2 heterocycles. The standard InChI is InChI=1S/C17H16N4O3S/c18-8-12-2-1-3-14(6-12)21-17(22)13-7-16(10-19-9-13)20-15-4-5-25(23,24)11-15/h1-3,6-7,9-10,15,20H,4-5,11H2,(H,21,22). The van der Waals surface area contributed by atoms with Crippen molar-refractivity contribution in [2.24, 2.45) is 0 Å². The molecule has 1 saturated heterocycles. The lowest BCUT2D eigenvalue weighted by molar-refractivity contribution is 0.102. The third-order valence-corrected chi connectivity index (χ3v) is 5.62. The van der Waals surface area contributed by atoms with Crippen molar-refractivity contribution in [3.05, 3.63) is 53.9 Å². The zero-order chi connectivity index (χ0) is 17.9. The maximum Gasteiger partial charge on any atom is 0.257 e. The van der Waals surface area contributed by atoms with Crippen LogP contribution in [0.1, 0.15) is 22.3 Å². The van der Waals surface area contributed by atoms with Crippen LogP contribution < -0.4 is 10.6 Å². The van der Waals surface area contributed by atoms with Gasteiger partial charge in [0.05, 0.1) is 34.4 Å². The predicted molar refractivity (Wildman–Crippen MR) is 94.0 cm³/mol. The van der Waals surface area contributed by atoms with Crippen molar-refractivity contribution in [3.63, 3.8) is 0 Å². The fraction of sp³-hybridized carbons (Fsp3) is 0.235. The van der Waals surface area contributed by atoms with Crippen molar-refractivity contribution in [2.75, 3.05) is 22.1 Å². The average molecular weight is 356 g/mol. The maximum absolute atomic E-state index is 12.3. The Balaban J connectivity index is 1.70. The number of hydrogen-bond acceptors (Lipinski definition) is 6. The number of aromatic nitrogens is 1. The van der Waals surface area contributed by atoms with Crippen molar-refractivity contribution in [3.8, 4) is 6.07 Å². The minimum atomic E-state index is -2.98. The van der Waals surface area contributed by atoms with Crippen LogP contribution in [0.3, 0.4) is 0 Å². The van der Waals surface area contributed by atoms with E-state index in [2.05, 4.69) is 15.6 Å². The van der Waals surface area contributed by atoms with E-state index in [1.54, 1.807) is 36.5 Å². The number of pyridine rings is 1. The molecule has 0 radical (unpaired) electrons. The smallest absolute Gasteiger partial charge is 0.257 e. The lowest BCUT2D eigenvalue weighted by Gasteiger charge is -2.13. The maximum atomic E-state index is 12.3. The van der Waals surface area contributed by atoms with Crippen LogP contribution in [-0.4, -0.2) is 36.9 Å². The van der Waals surface area contributed by atoms with Gasteiger partial charge >= 0.3 is 0 Å². The summed E-state index contributed by atoms with van der Waals surface area (Å²) < 4.78 is 23.0. The van der Waals surface area contributed by atoms with E-state index in [4.69, 9.17) is 5.26 Å². The zero-order valence-corrected chi connectivity index (χ0v) is 14.1. The zero-order valence-electron chi connectivity index (χ0n) is 13.3. The number of sulfone groups is 1. The van der Waals surface area contributed by atoms with Gasteiger partial charge in [0.2, 0.25) is 0 Å². The molecule has 1 amide bonds. The number of nitriles is 1. The SMILES string of the molecule is N#Cc1cccc(NC(=O)c2cncc(NC3CCS(=O)(=O)C3)c2)c1. The van der Waals surface area contributed by atoms with Crippen LogP contribution in [-0.2, 0) is 9.84 Å². The summed E-state index contributed by atoms with van der Waals surface area (Å²) in [6.45, 7) is 0. The van der Waals surface area contributed by atoms with E-state index in [-0.39, 0.29) is 23.5 Å². The molecule has 1 aliphatic heterocycles. The molecule has 0 saturated carbocycles. The summed E-state index contributed by atoms with van der Waals surface area (Å²) in [5.41, 5.74) is 1.91. The van der Waals surface area contributed by atoms with Crippen molar-refractivity contribution in [1.82, 2.24) is 4.98 Å². The molecule has 1 aromatic carbocycles. The van der Waals surface area contributed by atoms with Gasteiger partial charge in [0.25, 0.3) is 5.91 Å². The molecule has 128 valence electrons. The van der Waals surface area contributed by atoms with E-state index < -0.39 is 9.84 Å². The quantitative estimate of drug-likeness (QED) is 0.864. The summed E-state index contributed by atoms with van der Waals surface area (Å²) >= 11 is 0. The fourth-order valence-corrected chi connectivity index (χ4v) is 4.33. The molecule has 0 aliphatic carbocycles. The molecule has 25 heavy (non-hydrogen) atoms. The van der Waals surface area contributed by atoms with E-state index >= 15 is 0 Å². The lowest BCUT2D eigenvalue weighted by Crippen LogP contribution is -2.21. The van der Waals surface area contributed by atoms with Crippen molar-refractivity contribution >= 4 is 27.1 Å². The molecule has 1 unspecified atom stereocenters. The third-order valence-electron chi connectivity index (χ3n) is 3.85. The number of nitrogens with one attached hydrogen (secondary N) is 2. The number of benzene rings is 1. The lowest BCUT2D eigenvalue weighted by atomic mass is 10.2. The number of amides is 1. The topological polar surface area (TPSA) is 112 Å². The number of rotatable bonds is 4. The van der Waals surface area contributed by atoms with Gasteiger partial charge in [-0.3, -0.25) is 9.78 Å². The summed E-state index contributed by atoms with van der Waals surface area (Å²) in [6, 6.07) is 10.1. The second kappa shape index (κ2) is 6.91. The van der Waals surface area contributed by atoms with Crippen molar-refractivity contribution < 1.29 is 13.2 Å². The molecular weight excluding hydrogens is 340 g/mol. The van der Waals surface area contributed by atoms with Gasteiger partial charge in [0.1, 0.15) is 0 Å². The molecule has 0 spiro atoms. The van der Waals surface area contributed by atoms with Crippen LogP contribution in [0.15, 0.2) is 42.7 Å². The van der Waals surface area contributed by atoms with Gasteiger partial charge in [0, 0.05) is 24.1 Å². The Bertz CT molecular complexity index is 950. The molecule has 1 aliphatic rings. The Morgan fingerprint density at radius 2 is 2.08 bits per heavy atom. The summed E-state index contributed by atoms with van der Waals surface area (Å²) in [5, 5.41) is 14.7. The number of carbonyl (C=O) groups excluding carboxylic acids is 1. The third kappa shape index (κ3) is 4.33. The Morgan fingerprint density at radius 1 is 1.24 bits per heavy atom. The highest BCUT2D eigenvalue weighted by Crippen LogP contribution is 2.18. The first-order valence-corrected chi connectivity index (χ1v) is 9.51. The van der Waals surface area contributed by atoms with Crippen LogP contribution in [0.5, 0.6) is 0 Å². The molecule has 0 bridgehead atoms. The summed E-state index contributed by atoms with van der Waals surface area (Å²) in [4.78, 5) is 16.4. The average Bonchev–Trinajstić information content (AvgIpc) is 2.93. The highest BCUT2D eigenvalue weighted by Gasteiger charge is 2.27. The number of carbonyl (C=O) groups is 1. The highest BCUT2D eigenvalue weighted by atomic mass is 32.2. The minimum absolute atomic E-state index is 0.0877. The Kier molecular flexibility index (Phi) is 4.67. The van der Waals surface area contributed by atoms with Gasteiger partial charge in [-0.25, -0.2) is 8.42 Å². The van der Waals surface area contributed by atoms with E-state index in [9.17, 15) is 13.2 Å². The highest BCUT2D eigenvalue weighted by molar-refractivity contribution is 7.91. The van der Waals surface area contributed by atoms with Crippen molar-refractivity contribution in [1.29, 1.82) is 5.26 Å². The number of nitrogens with zero attached hydrogens (tertiary/aromatic N) is 2. The van der Waals surface area contributed by atoms with Gasteiger partial charge in [0.15, 0.2) is 9.84 Å². The fourth-order valence-electron chi connectivity index (χ4n) is 2.66. The van der Waals surface area contributed by atoms with Crippen LogP contribution in [0.2, 0.25) is 0 Å². The Labute approximate surface area is 145 Å². The molecule has 2 aromatic rings. The van der Waals surface area contributed by atoms with Crippen LogP contribution in [0.25, 0.3) is 0 Å². The molecule has 7 nitrogen and oxygen atoms in total. The first kappa shape index (κ1) is 16.9. The largest absolute Gasteiger partial charge is 0.380 e. The summed E-state index contributed by atoms with van der Waals surface area (Å²) in [5.74, 6) is -0.0944. The van der Waals surface area contributed by atoms with Crippen LogP contribution >= 0.6 is 0 Å². The van der Waals surface area contributed by atoms with E-state index in [1.807, 2.05) is 6.07 Å². The van der Waals surface area contributed by atoms with Gasteiger partial charge in [-0.05, 0) is 30.7 Å². The molecule has 8 heteroatoms. The Hall–Kier alpha value is -2.92. The van der Waals surface area contributed by atoms with Gasteiger partial charge in [-0.2, -0.15) is 5.26 Å². The molecule has 2 N–H and O–H groups in total. The van der Waals surface area contributed by atoms with Gasteiger partial charge in [-0.1, -0.05) is 6.07 Å². The van der Waals surface area contributed by atoms with Gasteiger partial charge in [-0.15, -0.1) is 0 Å². The number of hydrogen-bond donors (Lipinski definition) is 2. The van der Waals surface area contributed by atoms with Gasteiger partial charge < -0.3 is 10.6 Å². The monoisotopic (exact) mass is 356 g/mol. The van der Waals surface area contributed by atoms with E-state index in [0.29, 0.717) is 28.9 Å². The molecule has 1 atom stereocenters. The normalized spacial score (nSPS) is 18.3. The first-order chi connectivity index (χ1) is 11.9. The van der Waals surface area contributed by atoms with Crippen LogP contribution in [0.4, 0.5) is 11.4 Å². The second-order valence-electron chi connectivity index (χ2n) is 5.85. The molecular formula is C17H16N4O3S. The van der Waals surface area contributed by atoms with E-state index in [1.165, 1.54) is 6.20 Å². The summed E-state index contributed by atoms with van der Waals surface area (Å²) in [7, 11) is -2.98. The molecule has 1 fully saturated rings. The predicted octanol–water partition coefficient (Wildman–Crippen LogP) is 1.80. The summed E-state index contributed by atoms with van der Waals surface area (Å²) in [6.07, 6.45) is 3.53. The van der Waals surface area contributed by atoms with Crippen LogP contribution in [0, 0.1) is 11.3 Å².